The summed E-state index contributed by atoms with van der Waals surface area (Å²) in [4.78, 5) is 0. The van der Waals surface area contributed by atoms with Crippen LogP contribution >= 0.6 is 11.6 Å². The summed E-state index contributed by atoms with van der Waals surface area (Å²) < 4.78 is 32.1. The topological polar surface area (TPSA) is 9.23 Å². The predicted octanol–water partition coefficient (Wildman–Crippen LogP) is 4.47. The van der Waals surface area contributed by atoms with Gasteiger partial charge in [0, 0.05) is 22.6 Å². The van der Waals surface area contributed by atoms with Crippen molar-refractivity contribution in [2.24, 2.45) is 0 Å². The molecule has 1 aliphatic rings. The van der Waals surface area contributed by atoms with Gasteiger partial charge in [-0.3, -0.25) is 0 Å². The van der Waals surface area contributed by atoms with Gasteiger partial charge in [-0.25, -0.2) is 8.78 Å². The third-order valence-electron chi connectivity index (χ3n) is 3.39. The van der Waals surface area contributed by atoms with Gasteiger partial charge in [0.2, 0.25) is 0 Å². The highest BCUT2D eigenvalue weighted by Gasteiger charge is 2.37. The number of rotatable bonds is 2. The Balaban J connectivity index is 1.93. The Bertz CT molecular complexity index is 615. The van der Waals surface area contributed by atoms with E-state index in [-0.39, 0.29) is 5.92 Å². The molecule has 19 heavy (non-hydrogen) atoms. The maximum Gasteiger partial charge on any atom is 0.131 e. The normalized spacial score (nSPS) is 22.1. The molecular weight excluding hydrogens is 270 g/mol. The number of hydrogen-bond acceptors (Lipinski definition) is 1. The fraction of sp³-hybridized carbons (Fsp3) is 0.200. The van der Waals surface area contributed by atoms with Gasteiger partial charge in [-0.05, 0) is 17.7 Å². The minimum atomic E-state index is -0.588. The van der Waals surface area contributed by atoms with Crippen LogP contribution in [-0.2, 0) is 4.74 Å². The van der Waals surface area contributed by atoms with Crippen molar-refractivity contribution in [3.63, 3.8) is 0 Å². The average Bonchev–Trinajstić information content (AvgIpc) is 2.34. The summed E-state index contributed by atoms with van der Waals surface area (Å²) in [6, 6.07) is 11.0. The minimum Gasteiger partial charge on any atom is -0.372 e. The van der Waals surface area contributed by atoms with Crippen molar-refractivity contribution in [1.29, 1.82) is 0 Å². The van der Waals surface area contributed by atoms with E-state index < -0.39 is 17.7 Å². The van der Waals surface area contributed by atoms with Gasteiger partial charge in [-0.2, -0.15) is 0 Å². The van der Waals surface area contributed by atoms with E-state index in [9.17, 15) is 8.78 Å². The SMILES string of the molecule is Fc1ccc(C2OCC2c2ccccc2Cl)c(F)c1. The van der Waals surface area contributed by atoms with Crippen LogP contribution in [0.15, 0.2) is 42.5 Å². The first-order chi connectivity index (χ1) is 9.16. The molecule has 0 aliphatic carbocycles. The van der Waals surface area contributed by atoms with Crippen LogP contribution in [0.5, 0.6) is 0 Å². The Hall–Kier alpha value is -1.45. The first-order valence-electron chi connectivity index (χ1n) is 5.98. The summed E-state index contributed by atoms with van der Waals surface area (Å²) in [6.07, 6.45) is -0.402. The van der Waals surface area contributed by atoms with Crippen LogP contribution in [0.25, 0.3) is 0 Å². The molecule has 1 nitrogen and oxygen atoms in total. The predicted molar refractivity (Wildman–Crippen MR) is 69.2 cm³/mol. The second-order valence-electron chi connectivity index (χ2n) is 4.55. The van der Waals surface area contributed by atoms with Crippen LogP contribution in [-0.4, -0.2) is 6.61 Å². The van der Waals surface area contributed by atoms with E-state index in [2.05, 4.69) is 0 Å². The van der Waals surface area contributed by atoms with Crippen molar-refractivity contribution in [1.82, 2.24) is 0 Å². The first kappa shape index (κ1) is 12.6. The fourth-order valence-corrected chi connectivity index (χ4v) is 2.63. The Kier molecular flexibility index (Phi) is 3.25. The molecule has 1 saturated heterocycles. The molecule has 0 N–H and O–H groups in total. The molecule has 2 aromatic rings. The quantitative estimate of drug-likeness (QED) is 0.788. The smallest absolute Gasteiger partial charge is 0.131 e. The zero-order chi connectivity index (χ0) is 13.4. The van der Waals surface area contributed by atoms with Crippen molar-refractivity contribution in [2.45, 2.75) is 12.0 Å². The molecule has 0 spiro atoms. The number of ether oxygens (including phenoxy) is 1. The molecule has 4 heteroatoms. The van der Waals surface area contributed by atoms with Crippen molar-refractivity contribution in [3.05, 3.63) is 70.2 Å². The highest BCUT2D eigenvalue weighted by Crippen LogP contribution is 2.45. The summed E-state index contributed by atoms with van der Waals surface area (Å²) in [6.45, 7) is 0.491. The summed E-state index contributed by atoms with van der Waals surface area (Å²) in [5.41, 5.74) is 1.31. The summed E-state index contributed by atoms with van der Waals surface area (Å²) in [7, 11) is 0. The van der Waals surface area contributed by atoms with E-state index in [1.54, 1.807) is 6.07 Å². The third-order valence-corrected chi connectivity index (χ3v) is 3.74. The van der Waals surface area contributed by atoms with Gasteiger partial charge in [-0.1, -0.05) is 35.9 Å². The van der Waals surface area contributed by atoms with E-state index in [1.807, 2.05) is 18.2 Å². The summed E-state index contributed by atoms with van der Waals surface area (Å²) >= 11 is 6.14. The maximum absolute atomic E-state index is 13.8. The monoisotopic (exact) mass is 280 g/mol. The molecule has 2 aromatic carbocycles. The maximum atomic E-state index is 13.8. The molecular formula is C15H11ClF2O. The summed E-state index contributed by atoms with van der Waals surface area (Å²) in [5, 5.41) is 0.642. The molecule has 2 atom stereocenters. The van der Waals surface area contributed by atoms with Crippen LogP contribution in [0, 0.1) is 11.6 Å². The van der Waals surface area contributed by atoms with Gasteiger partial charge in [-0.15, -0.1) is 0 Å². The van der Waals surface area contributed by atoms with Crippen LogP contribution in [0.4, 0.5) is 8.78 Å². The number of hydrogen-bond donors (Lipinski definition) is 0. The lowest BCUT2D eigenvalue weighted by molar-refractivity contribution is -0.0813. The Morgan fingerprint density at radius 3 is 2.47 bits per heavy atom. The Morgan fingerprint density at radius 1 is 1.05 bits per heavy atom. The van der Waals surface area contributed by atoms with E-state index in [1.165, 1.54) is 12.1 Å². The molecule has 1 heterocycles. The molecule has 3 rings (SSSR count). The van der Waals surface area contributed by atoms with Gasteiger partial charge in [0.15, 0.2) is 0 Å². The largest absolute Gasteiger partial charge is 0.372 e. The molecule has 1 aliphatic heterocycles. The van der Waals surface area contributed by atoms with E-state index in [0.717, 1.165) is 11.6 Å². The number of benzene rings is 2. The second-order valence-corrected chi connectivity index (χ2v) is 4.95. The van der Waals surface area contributed by atoms with Gasteiger partial charge < -0.3 is 4.74 Å². The molecule has 0 aromatic heterocycles. The van der Waals surface area contributed by atoms with Gasteiger partial charge in [0.05, 0.1) is 12.7 Å². The third kappa shape index (κ3) is 2.24. The van der Waals surface area contributed by atoms with E-state index in [0.29, 0.717) is 17.2 Å². The highest BCUT2D eigenvalue weighted by atomic mass is 35.5. The van der Waals surface area contributed by atoms with Crippen LogP contribution < -0.4 is 0 Å². The zero-order valence-corrected chi connectivity index (χ0v) is 10.7. The average molecular weight is 281 g/mol. The summed E-state index contributed by atoms with van der Waals surface area (Å²) in [5.74, 6) is -1.16. The number of halogens is 3. The van der Waals surface area contributed by atoms with Gasteiger partial charge in [0.1, 0.15) is 11.6 Å². The van der Waals surface area contributed by atoms with Crippen LogP contribution in [0.3, 0.4) is 0 Å². The van der Waals surface area contributed by atoms with E-state index >= 15 is 0 Å². The molecule has 0 bridgehead atoms. The lowest BCUT2D eigenvalue weighted by Crippen LogP contribution is -2.31. The first-order valence-corrected chi connectivity index (χ1v) is 6.35. The lowest BCUT2D eigenvalue weighted by atomic mass is 9.85. The Morgan fingerprint density at radius 2 is 1.84 bits per heavy atom. The van der Waals surface area contributed by atoms with Crippen LogP contribution in [0.1, 0.15) is 23.1 Å². The van der Waals surface area contributed by atoms with Gasteiger partial charge >= 0.3 is 0 Å². The molecule has 98 valence electrons. The molecule has 0 radical (unpaired) electrons. The van der Waals surface area contributed by atoms with Crippen molar-refractivity contribution >= 4 is 11.6 Å². The van der Waals surface area contributed by atoms with Crippen LogP contribution in [0.2, 0.25) is 5.02 Å². The Labute approximate surface area is 114 Å². The second kappa shape index (κ2) is 4.91. The highest BCUT2D eigenvalue weighted by molar-refractivity contribution is 6.31. The fourth-order valence-electron chi connectivity index (χ4n) is 2.36. The molecule has 0 saturated carbocycles. The lowest BCUT2D eigenvalue weighted by Gasteiger charge is -2.38. The zero-order valence-electron chi connectivity index (χ0n) is 9.95. The van der Waals surface area contributed by atoms with Crippen molar-refractivity contribution < 1.29 is 13.5 Å². The standard InChI is InChI=1S/C15H11ClF2O/c16-13-4-2-1-3-10(13)12-8-19-15(12)11-6-5-9(17)7-14(11)18/h1-7,12,15H,8H2. The molecule has 2 unspecified atom stereocenters. The van der Waals surface area contributed by atoms with Gasteiger partial charge in [0.25, 0.3) is 0 Å². The van der Waals surface area contributed by atoms with E-state index in [4.69, 9.17) is 16.3 Å². The molecule has 1 fully saturated rings. The van der Waals surface area contributed by atoms with Crippen molar-refractivity contribution in [2.75, 3.05) is 6.61 Å². The minimum absolute atomic E-state index is 0.00802. The molecule has 0 amide bonds. The van der Waals surface area contributed by atoms with Crippen molar-refractivity contribution in [3.8, 4) is 0 Å².